The SMILES string of the molecule is CC[Si](CC)(CC)c1[nH]c2ccc(C3CCN(C(=O)OC(C)(C)C)CC3)c3c2c1COC3. The van der Waals surface area contributed by atoms with E-state index in [2.05, 4.69) is 37.9 Å². The van der Waals surface area contributed by atoms with Gasteiger partial charge in [-0.25, -0.2) is 4.79 Å². The fourth-order valence-corrected chi connectivity index (χ4v) is 9.62. The Kier molecular flexibility index (Phi) is 6.47. The van der Waals surface area contributed by atoms with E-state index < -0.39 is 13.7 Å². The van der Waals surface area contributed by atoms with Crippen molar-refractivity contribution in [2.45, 2.75) is 97.2 Å². The van der Waals surface area contributed by atoms with Crippen molar-refractivity contribution in [1.82, 2.24) is 9.88 Å². The third-order valence-corrected chi connectivity index (χ3v) is 13.4. The Morgan fingerprint density at radius 3 is 2.31 bits per heavy atom. The molecule has 1 fully saturated rings. The maximum Gasteiger partial charge on any atom is 0.410 e. The maximum absolute atomic E-state index is 12.5. The highest BCUT2D eigenvalue weighted by Gasteiger charge is 2.36. The number of hydrogen-bond donors (Lipinski definition) is 1. The smallest absolute Gasteiger partial charge is 0.410 e. The van der Waals surface area contributed by atoms with Gasteiger partial charge in [-0.05, 0) is 56.7 Å². The fourth-order valence-electron chi connectivity index (χ4n) is 5.82. The number of H-pyrrole nitrogens is 1. The minimum Gasteiger partial charge on any atom is -0.444 e. The van der Waals surface area contributed by atoms with Crippen LogP contribution < -0.4 is 5.32 Å². The number of nitrogens with one attached hydrogen (secondary N) is 1. The summed E-state index contributed by atoms with van der Waals surface area (Å²) in [6.45, 7) is 15.8. The zero-order valence-corrected chi connectivity index (χ0v) is 21.8. The molecule has 0 bridgehead atoms. The molecule has 4 rings (SSSR count). The van der Waals surface area contributed by atoms with Gasteiger partial charge in [0.15, 0.2) is 0 Å². The van der Waals surface area contributed by atoms with Crippen LogP contribution in [0.3, 0.4) is 0 Å². The van der Waals surface area contributed by atoms with Crippen LogP contribution in [0.2, 0.25) is 18.1 Å². The van der Waals surface area contributed by atoms with Gasteiger partial charge in [0.1, 0.15) is 13.7 Å². The average Bonchev–Trinajstić information content (AvgIpc) is 3.16. The average molecular weight is 457 g/mol. The standard InChI is InChI=1S/C26H40N2O3Si/c1-7-32(8-2,9-3)24-21-17-30-16-20-19(10-11-22(27-24)23(20)21)18-12-14-28(15-13-18)25(29)31-26(4,5)6/h10-11,18,27H,7-9,12-17H2,1-6H3. The van der Waals surface area contributed by atoms with E-state index in [1.54, 1.807) is 0 Å². The number of carbonyl (C=O) groups excluding carboxylic acids is 1. The molecular weight excluding hydrogens is 416 g/mol. The van der Waals surface area contributed by atoms with Gasteiger partial charge in [-0.15, -0.1) is 0 Å². The lowest BCUT2D eigenvalue weighted by atomic mass is 9.84. The molecule has 176 valence electrons. The van der Waals surface area contributed by atoms with E-state index in [-0.39, 0.29) is 6.09 Å². The first-order chi connectivity index (χ1) is 15.2. The van der Waals surface area contributed by atoms with Crippen LogP contribution in [0.5, 0.6) is 0 Å². The predicted octanol–water partition coefficient (Wildman–Crippen LogP) is 6.03. The minimum absolute atomic E-state index is 0.186. The molecule has 1 N–H and O–H groups in total. The Balaban J connectivity index is 1.62. The summed E-state index contributed by atoms with van der Waals surface area (Å²) >= 11 is 0. The number of amides is 1. The van der Waals surface area contributed by atoms with Crippen LogP contribution in [-0.4, -0.2) is 42.7 Å². The predicted molar refractivity (Wildman–Crippen MR) is 133 cm³/mol. The van der Waals surface area contributed by atoms with Crippen molar-refractivity contribution in [3.05, 3.63) is 28.8 Å². The molecule has 1 saturated heterocycles. The van der Waals surface area contributed by atoms with Gasteiger partial charge in [0.2, 0.25) is 0 Å². The van der Waals surface area contributed by atoms with Gasteiger partial charge >= 0.3 is 6.09 Å². The van der Waals surface area contributed by atoms with Crippen LogP contribution in [-0.2, 0) is 22.7 Å². The summed E-state index contributed by atoms with van der Waals surface area (Å²) in [4.78, 5) is 18.2. The molecule has 2 aliphatic heterocycles. The van der Waals surface area contributed by atoms with Gasteiger partial charge in [0.05, 0.1) is 13.2 Å². The summed E-state index contributed by atoms with van der Waals surface area (Å²) < 4.78 is 11.8. The number of aromatic nitrogens is 1. The van der Waals surface area contributed by atoms with E-state index in [1.165, 1.54) is 51.0 Å². The van der Waals surface area contributed by atoms with E-state index in [0.717, 1.165) is 32.5 Å². The van der Waals surface area contributed by atoms with Crippen molar-refractivity contribution in [1.29, 1.82) is 0 Å². The number of likely N-dealkylation sites (tertiary alicyclic amines) is 1. The molecule has 32 heavy (non-hydrogen) atoms. The lowest BCUT2D eigenvalue weighted by Gasteiger charge is -2.34. The number of piperidine rings is 1. The number of hydrogen-bond acceptors (Lipinski definition) is 3. The third kappa shape index (κ3) is 4.12. The second kappa shape index (κ2) is 8.86. The number of rotatable bonds is 5. The zero-order valence-electron chi connectivity index (χ0n) is 20.8. The molecule has 0 unspecified atom stereocenters. The number of benzene rings is 1. The number of carbonyl (C=O) groups is 1. The summed E-state index contributed by atoms with van der Waals surface area (Å²) in [5, 5.41) is 2.96. The Hall–Kier alpha value is -1.79. The van der Waals surface area contributed by atoms with Gasteiger partial charge in [-0.1, -0.05) is 45.0 Å². The zero-order chi connectivity index (χ0) is 23.1. The Morgan fingerprint density at radius 2 is 1.72 bits per heavy atom. The summed E-state index contributed by atoms with van der Waals surface area (Å²) in [6.07, 6.45) is 1.76. The number of aromatic amines is 1. The Labute approximate surface area is 193 Å². The highest BCUT2D eigenvalue weighted by atomic mass is 28.3. The quantitative estimate of drug-likeness (QED) is 0.559. The van der Waals surface area contributed by atoms with Crippen molar-refractivity contribution < 1.29 is 14.3 Å². The molecule has 0 saturated carbocycles. The third-order valence-electron chi connectivity index (χ3n) is 7.85. The number of ether oxygens (including phenoxy) is 2. The van der Waals surface area contributed by atoms with Crippen molar-refractivity contribution in [2.75, 3.05) is 13.1 Å². The lowest BCUT2D eigenvalue weighted by molar-refractivity contribution is 0.0204. The van der Waals surface area contributed by atoms with Crippen LogP contribution in [0.1, 0.15) is 77.0 Å². The van der Waals surface area contributed by atoms with E-state index in [0.29, 0.717) is 12.5 Å². The van der Waals surface area contributed by atoms with Gasteiger partial charge in [0, 0.05) is 34.9 Å². The van der Waals surface area contributed by atoms with E-state index in [9.17, 15) is 4.79 Å². The van der Waals surface area contributed by atoms with Crippen molar-refractivity contribution in [2.24, 2.45) is 0 Å². The largest absolute Gasteiger partial charge is 0.444 e. The Bertz CT molecular complexity index is 971. The topological polar surface area (TPSA) is 54.6 Å². The molecule has 0 radical (unpaired) electrons. The van der Waals surface area contributed by atoms with Crippen LogP contribution in [0, 0.1) is 0 Å². The summed E-state index contributed by atoms with van der Waals surface area (Å²) in [5.41, 5.74) is 5.08. The van der Waals surface area contributed by atoms with Crippen LogP contribution in [0.15, 0.2) is 12.1 Å². The first kappa shape index (κ1) is 23.4. The van der Waals surface area contributed by atoms with Gasteiger partial charge < -0.3 is 19.4 Å². The molecular formula is C26H40N2O3Si. The van der Waals surface area contributed by atoms with Crippen LogP contribution in [0.4, 0.5) is 4.79 Å². The van der Waals surface area contributed by atoms with E-state index in [1.807, 2.05) is 25.7 Å². The second-order valence-corrected chi connectivity index (χ2v) is 15.8. The van der Waals surface area contributed by atoms with Crippen molar-refractivity contribution >= 4 is 30.4 Å². The highest BCUT2D eigenvalue weighted by molar-refractivity contribution is 6.91. The molecule has 1 aromatic heterocycles. The summed E-state index contributed by atoms with van der Waals surface area (Å²) in [7, 11) is -1.52. The molecule has 5 nitrogen and oxygen atoms in total. The molecule has 3 heterocycles. The molecule has 0 aliphatic carbocycles. The molecule has 1 aromatic carbocycles. The van der Waals surface area contributed by atoms with Crippen molar-refractivity contribution in [3.8, 4) is 0 Å². The molecule has 2 aromatic rings. The Morgan fingerprint density at radius 1 is 1.09 bits per heavy atom. The second-order valence-electron chi connectivity index (χ2n) is 10.6. The fraction of sp³-hybridized carbons (Fsp3) is 0.654. The van der Waals surface area contributed by atoms with Gasteiger partial charge in [-0.3, -0.25) is 0 Å². The normalized spacial score (nSPS) is 17.8. The number of nitrogens with zero attached hydrogens (tertiary/aromatic N) is 1. The molecule has 0 atom stereocenters. The van der Waals surface area contributed by atoms with Gasteiger partial charge in [0.25, 0.3) is 0 Å². The highest BCUT2D eigenvalue weighted by Crippen LogP contribution is 2.39. The van der Waals surface area contributed by atoms with E-state index >= 15 is 0 Å². The molecule has 0 spiro atoms. The molecule has 1 amide bonds. The van der Waals surface area contributed by atoms with Crippen molar-refractivity contribution in [3.63, 3.8) is 0 Å². The van der Waals surface area contributed by atoms with Crippen LogP contribution >= 0.6 is 0 Å². The van der Waals surface area contributed by atoms with Gasteiger partial charge in [-0.2, -0.15) is 0 Å². The molecule has 6 heteroatoms. The first-order valence-corrected chi connectivity index (χ1v) is 15.1. The van der Waals surface area contributed by atoms with E-state index in [4.69, 9.17) is 9.47 Å². The summed E-state index contributed by atoms with van der Waals surface area (Å²) in [6, 6.07) is 8.42. The summed E-state index contributed by atoms with van der Waals surface area (Å²) in [5.74, 6) is 0.464. The monoisotopic (exact) mass is 456 g/mol. The first-order valence-electron chi connectivity index (χ1n) is 12.5. The minimum atomic E-state index is -1.52. The lowest BCUT2D eigenvalue weighted by Crippen LogP contribution is -2.48. The molecule has 2 aliphatic rings. The van der Waals surface area contributed by atoms with Crippen LogP contribution in [0.25, 0.3) is 10.9 Å². The maximum atomic E-state index is 12.5.